The van der Waals surface area contributed by atoms with Crippen LogP contribution < -0.4 is 9.80 Å². The van der Waals surface area contributed by atoms with E-state index in [9.17, 15) is 4.79 Å². The van der Waals surface area contributed by atoms with E-state index >= 15 is 0 Å². The molecule has 2 aliphatic rings. The van der Waals surface area contributed by atoms with Crippen LogP contribution in [0.15, 0.2) is 59.8 Å². The van der Waals surface area contributed by atoms with Crippen LogP contribution in [0.5, 0.6) is 0 Å². The van der Waals surface area contributed by atoms with Gasteiger partial charge in [0.15, 0.2) is 0 Å². The lowest BCUT2D eigenvalue weighted by Crippen LogP contribution is -2.51. The minimum Gasteiger partial charge on any atom is -0.383 e. The highest BCUT2D eigenvalue weighted by atomic mass is 16.6. The number of carbonyl (C=O) groups excluding carboxylic acids is 1. The van der Waals surface area contributed by atoms with E-state index in [2.05, 4.69) is 39.2 Å². The molecule has 4 rings (SSSR count). The predicted molar refractivity (Wildman–Crippen MR) is 123 cm³/mol. The molecule has 0 bridgehead atoms. The maximum absolute atomic E-state index is 12.7. The molecule has 2 aromatic rings. The van der Waals surface area contributed by atoms with Gasteiger partial charge in [-0.1, -0.05) is 35.5 Å². The van der Waals surface area contributed by atoms with Crippen molar-refractivity contribution in [1.82, 2.24) is 4.90 Å². The van der Waals surface area contributed by atoms with Gasteiger partial charge in [-0.2, -0.15) is 0 Å². The molecule has 2 aliphatic heterocycles. The van der Waals surface area contributed by atoms with E-state index in [1.807, 2.05) is 35.2 Å². The van der Waals surface area contributed by atoms with Gasteiger partial charge in [-0.3, -0.25) is 4.79 Å². The molecular formula is C24H30N4O3. The van der Waals surface area contributed by atoms with Crippen LogP contribution in [0.2, 0.25) is 0 Å². The fourth-order valence-electron chi connectivity index (χ4n) is 3.90. The van der Waals surface area contributed by atoms with Crippen molar-refractivity contribution in [1.29, 1.82) is 0 Å². The molecule has 164 valence electrons. The van der Waals surface area contributed by atoms with Gasteiger partial charge >= 0.3 is 0 Å². The average Bonchev–Trinajstić information content (AvgIpc) is 2.85. The van der Waals surface area contributed by atoms with Crippen molar-refractivity contribution in [2.45, 2.75) is 13.0 Å². The second kappa shape index (κ2) is 10.3. The van der Waals surface area contributed by atoms with Gasteiger partial charge in [0.05, 0.1) is 19.4 Å². The second-order valence-corrected chi connectivity index (χ2v) is 7.82. The van der Waals surface area contributed by atoms with Crippen molar-refractivity contribution in [3.05, 3.63) is 60.2 Å². The first-order chi connectivity index (χ1) is 15.2. The summed E-state index contributed by atoms with van der Waals surface area (Å²) in [5.41, 5.74) is 3.32. The number of anilines is 2. The van der Waals surface area contributed by atoms with Crippen LogP contribution in [0.3, 0.4) is 0 Å². The van der Waals surface area contributed by atoms with Gasteiger partial charge in [0, 0.05) is 50.6 Å². The average molecular weight is 423 g/mol. The maximum atomic E-state index is 12.7. The number of amides is 1. The first-order valence-corrected chi connectivity index (χ1v) is 10.9. The van der Waals surface area contributed by atoms with Crippen molar-refractivity contribution in [3.8, 4) is 0 Å². The number of ether oxygens (including phenoxy) is 1. The first kappa shape index (κ1) is 21.2. The number of piperazine rings is 1. The maximum Gasteiger partial charge on any atom is 0.266 e. The number of morpholine rings is 1. The van der Waals surface area contributed by atoms with Crippen LogP contribution in [-0.2, 0) is 14.4 Å². The quantitative estimate of drug-likeness (QED) is 0.529. The molecular weight excluding hydrogens is 392 g/mol. The number of hydrogen-bond acceptors (Lipinski definition) is 6. The summed E-state index contributed by atoms with van der Waals surface area (Å²) in [5.74, 6) is -0.0208. The molecule has 0 saturated carbocycles. The molecule has 31 heavy (non-hydrogen) atoms. The molecule has 1 atom stereocenters. The highest BCUT2D eigenvalue weighted by molar-refractivity contribution is 5.82. The van der Waals surface area contributed by atoms with Gasteiger partial charge in [0.25, 0.3) is 5.91 Å². The predicted octanol–water partition coefficient (Wildman–Crippen LogP) is 2.61. The van der Waals surface area contributed by atoms with E-state index in [-0.39, 0.29) is 5.91 Å². The van der Waals surface area contributed by atoms with Crippen molar-refractivity contribution in [2.75, 3.05) is 62.3 Å². The Morgan fingerprint density at radius 2 is 1.52 bits per heavy atom. The molecule has 0 aliphatic carbocycles. The van der Waals surface area contributed by atoms with E-state index < -0.39 is 6.10 Å². The number of carbonyl (C=O) groups is 1. The number of rotatable bonds is 6. The fraction of sp³-hybridized carbons (Fsp3) is 0.417. The van der Waals surface area contributed by atoms with E-state index in [1.54, 1.807) is 13.1 Å². The Morgan fingerprint density at radius 3 is 2.19 bits per heavy atom. The lowest BCUT2D eigenvalue weighted by molar-refractivity contribution is -0.142. The second-order valence-electron chi connectivity index (χ2n) is 7.82. The molecule has 0 aromatic heterocycles. The minimum absolute atomic E-state index is 0.0208. The Kier molecular flexibility index (Phi) is 7.04. The normalized spacial score (nSPS) is 18.3. The zero-order valence-electron chi connectivity index (χ0n) is 18.0. The molecule has 1 unspecified atom stereocenters. The Balaban J connectivity index is 1.23. The molecule has 1 amide bonds. The number of nitrogens with zero attached hydrogens (tertiary/aromatic N) is 4. The number of benzene rings is 2. The largest absolute Gasteiger partial charge is 0.383 e. The summed E-state index contributed by atoms with van der Waals surface area (Å²) in [5, 5.41) is 4.05. The monoisotopic (exact) mass is 422 g/mol. The van der Waals surface area contributed by atoms with Crippen LogP contribution in [-0.4, -0.2) is 75.6 Å². The molecule has 2 saturated heterocycles. The standard InChI is InChI=1S/C24H30N4O3/c1-20(24(29)28-13-11-26(12-14-28)22-5-3-2-4-6-22)31-25-19-21-7-9-23(10-8-21)27-15-17-30-18-16-27/h2-10,19-20H,11-18H2,1H3/b25-19+. The van der Waals surface area contributed by atoms with Crippen LogP contribution in [0, 0.1) is 0 Å². The summed E-state index contributed by atoms with van der Waals surface area (Å²) >= 11 is 0. The number of hydrogen-bond donors (Lipinski definition) is 0. The lowest BCUT2D eigenvalue weighted by Gasteiger charge is -2.36. The molecule has 2 heterocycles. The molecule has 7 nitrogen and oxygen atoms in total. The summed E-state index contributed by atoms with van der Waals surface area (Å²) in [4.78, 5) is 24.6. The van der Waals surface area contributed by atoms with Crippen LogP contribution in [0.25, 0.3) is 0 Å². The molecule has 7 heteroatoms. The van der Waals surface area contributed by atoms with Crippen molar-refractivity contribution >= 4 is 23.5 Å². The SMILES string of the molecule is CC(O/N=C/c1ccc(N2CCOCC2)cc1)C(=O)N1CCN(c2ccccc2)CC1. The summed E-state index contributed by atoms with van der Waals surface area (Å²) in [7, 11) is 0. The topological polar surface area (TPSA) is 57.6 Å². The minimum atomic E-state index is -0.604. The van der Waals surface area contributed by atoms with E-state index in [0.717, 1.165) is 45.0 Å². The molecule has 2 aromatic carbocycles. The summed E-state index contributed by atoms with van der Waals surface area (Å²) < 4.78 is 5.40. The Labute approximate surface area is 183 Å². The van der Waals surface area contributed by atoms with E-state index in [1.165, 1.54) is 11.4 Å². The molecule has 0 spiro atoms. The van der Waals surface area contributed by atoms with E-state index in [0.29, 0.717) is 13.1 Å². The van der Waals surface area contributed by atoms with Gasteiger partial charge in [-0.25, -0.2) is 0 Å². The van der Waals surface area contributed by atoms with Gasteiger partial charge in [-0.05, 0) is 36.8 Å². The van der Waals surface area contributed by atoms with Crippen LogP contribution >= 0.6 is 0 Å². The lowest BCUT2D eigenvalue weighted by atomic mass is 10.2. The smallest absolute Gasteiger partial charge is 0.266 e. The third-order valence-corrected chi connectivity index (χ3v) is 5.75. The third-order valence-electron chi connectivity index (χ3n) is 5.75. The Hall–Kier alpha value is -3.06. The highest BCUT2D eigenvalue weighted by Crippen LogP contribution is 2.17. The van der Waals surface area contributed by atoms with Crippen LogP contribution in [0.1, 0.15) is 12.5 Å². The summed E-state index contributed by atoms with van der Waals surface area (Å²) in [6.45, 7) is 8.13. The highest BCUT2D eigenvalue weighted by Gasteiger charge is 2.26. The van der Waals surface area contributed by atoms with Crippen LogP contribution in [0.4, 0.5) is 11.4 Å². The van der Waals surface area contributed by atoms with E-state index in [4.69, 9.17) is 9.57 Å². The summed E-state index contributed by atoms with van der Waals surface area (Å²) in [6, 6.07) is 18.5. The zero-order valence-corrected chi connectivity index (χ0v) is 18.0. The van der Waals surface area contributed by atoms with Gasteiger partial charge < -0.3 is 24.3 Å². The molecule has 0 radical (unpaired) electrons. The Bertz CT molecular complexity index is 858. The zero-order chi connectivity index (χ0) is 21.5. The first-order valence-electron chi connectivity index (χ1n) is 10.9. The Morgan fingerprint density at radius 1 is 0.903 bits per heavy atom. The van der Waals surface area contributed by atoms with Crippen molar-refractivity contribution in [3.63, 3.8) is 0 Å². The fourth-order valence-corrected chi connectivity index (χ4v) is 3.90. The molecule has 2 fully saturated rings. The van der Waals surface area contributed by atoms with Gasteiger partial charge in [0.1, 0.15) is 0 Å². The summed E-state index contributed by atoms with van der Waals surface area (Å²) in [6.07, 6.45) is 1.05. The molecule has 0 N–H and O–H groups in total. The number of para-hydroxylation sites is 1. The van der Waals surface area contributed by atoms with Crippen molar-refractivity contribution < 1.29 is 14.4 Å². The van der Waals surface area contributed by atoms with Gasteiger partial charge in [0.2, 0.25) is 6.10 Å². The van der Waals surface area contributed by atoms with Gasteiger partial charge in [-0.15, -0.1) is 0 Å². The third kappa shape index (κ3) is 5.55. The number of oxime groups is 1. The van der Waals surface area contributed by atoms with Crippen molar-refractivity contribution in [2.24, 2.45) is 5.16 Å².